The summed E-state index contributed by atoms with van der Waals surface area (Å²) in [5, 5.41) is 84.9. The maximum Gasteiger partial charge on any atom is 0.335 e. The lowest BCUT2D eigenvalue weighted by atomic mass is 9.39. The van der Waals surface area contributed by atoms with Gasteiger partial charge >= 0.3 is 5.97 Å². The third-order valence-corrected chi connectivity index (χ3v) is 31.5. The van der Waals surface area contributed by atoms with Crippen LogP contribution in [0.4, 0.5) is 0 Å². The summed E-state index contributed by atoms with van der Waals surface area (Å²) in [5.74, 6) is -1.55. The first-order chi connectivity index (χ1) is 43.3. The molecule has 15 heteroatoms. The van der Waals surface area contributed by atoms with Crippen molar-refractivity contribution in [3.8, 4) is 17.2 Å². The highest BCUT2D eigenvalue weighted by atomic mass is 16.7. The Bertz CT molecular complexity index is 3450. The number of aromatic carboxylic acids is 1. The van der Waals surface area contributed by atoms with Crippen LogP contribution >= 0.6 is 0 Å². The number of nitrogens with one attached hydrogen (secondary N) is 2. The smallest absolute Gasteiger partial charge is 0.335 e. The summed E-state index contributed by atoms with van der Waals surface area (Å²) in [4.78, 5) is 26.0. The number of aliphatic hydroxyl groups excluding tert-OH is 4. The van der Waals surface area contributed by atoms with E-state index in [9.17, 15) is 45.3 Å². The number of benzene rings is 2. The summed E-state index contributed by atoms with van der Waals surface area (Å²) < 4.78 is 29.2. The molecule has 19 unspecified atom stereocenters. The van der Waals surface area contributed by atoms with Crippen LogP contribution in [0.25, 0.3) is 10.8 Å². The van der Waals surface area contributed by atoms with Gasteiger partial charge < -0.3 is 54.7 Å². The van der Waals surface area contributed by atoms with E-state index in [0.717, 1.165) is 56.8 Å². The highest BCUT2D eigenvalue weighted by molar-refractivity contribution is 6.11. The predicted octanol–water partition coefficient (Wildman–Crippen LogP) is 11.9. The number of Topliss-reactive ketones (excluding diaryl/α,β-unsaturated/α-hetero) is 1. The zero-order chi connectivity index (χ0) is 61.6. The molecule has 0 aromatic heterocycles. The molecule has 2 aromatic carbocycles. The number of hydrazine groups is 1. The van der Waals surface area contributed by atoms with Crippen molar-refractivity contribution in [3.63, 3.8) is 0 Å². The molecule has 18 rings (SSSR count). The number of aromatic hydroxyl groups is 2. The molecule has 4 heterocycles. The molecule has 19 atom stereocenters. The summed E-state index contributed by atoms with van der Waals surface area (Å²) in [6.07, 6.45) is 33.2. The molecular formula is C75H100N2O13. The van der Waals surface area contributed by atoms with Crippen LogP contribution in [0.5, 0.6) is 17.2 Å². The Morgan fingerprint density at radius 3 is 2.32 bits per heavy atom. The molecule has 10 spiro atoms. The highest BCUT2D eigenvalue weighted by Gasteiger charge is 2.81. The minimum Gasteiger partial charge on any atom is -0.507 e. The number of phenols is 2. The number of carboxylic acid groups (broad SMARTS) is 1. The average molecular weight is 1240 g/mol. The largest absolute Gasteiger partial charge is 0.507 e. The molecule has 12 aliphatic carbocycles. The minimum absolute atomic E-state index is 0.0214. The first kappa shape index (κ1) is 58.9. The Hall–Kier alpha value is -3.64. The zero-order valence-corrected chi connectivity index (χ0v) is 53.5. The molecule has 2 aromatic rings. The number of hydrogen-bond acceptors (Lipinski definition) is 14. The van der Waals surface area contributed by atoms with Gasteiger partial charge in [-0.05, 0) is 271 Å². The number of ketones is 1. The van der Waals surface area contributed by atoms with Gasteiger partial charge in [0.15, 0.2) is 5.78 Å². The van der Waals surface area contributed by atoms with Crippen LogP contribution in [0.1, 0.15) is 239 Å². The topological polar surface area (TPSA) is 237 Å². The van der Waals surface area contributed by atoms with Gasteiger partial charge in [0.1, 0.15) is 41.2 Å². The van der Waals surface area contributed by atoms with Crippen molar-refractivity contribution in [3.05, 3.63) is 51.6 Å². The Balaban J connectivity index is 0.796. The monoisotopic (exact) mass is 1240 g/mol. The van der Waals surface area contributed by atoms with Crippen LogP contribution in [-0.4, -0.2) is 121 Å². The Kier molecular flexibility index (Phi) is 12.8. The molecule has 0 amide bonds. The highest BCUT2D eigenvalue weighted by Crippen LogP contribution is 2.86. The van der Waals surface area contributed by atoms with E-state index in [0.29, 0.717) is 54.1 Å². The Labute approximate surface area is 530 Å². The van der Waals surface area contributed by atoms with Crippen molar-refractivity contribution in [2.75, 3.05) is 26.4 Å². The van der Waals surface area contributed by atoms with E-state index in [1.165, 1.54) is 178 Å². The molecule has 11 saturated carbocycles. The van der Waals surface area contributed by atoms with Crippen LogP contribution in [0.15, 0.2) is 34.9 Å². The van der Waals surface area contributed by atoms with Gasteiger partial charge in [0.25, 0.3) is 0 Å². The van der Waals surface area contributed by atoms with Crippen LogP contribution in [0.2, 0.25) is 0 Å². The van der Waals surface area contributed by atoms with Gasteiger partial charge in [-0.25, -0.2) is 4.79 Å². The molecule has 488 valence electrons. The van der Waals surface area contributed by atoms with Crippen molar-refractivity contribution >= 4 is 22.5 Å². The number of phenolic OH excluding ortho intramolecular Hbond substituents is 2. The van der Waals surface area contributed by atoms with Crippen LogP contribution in [0, 0.1) is 79.8 Å². The van der Waals surface area contributed by atoms with Gasteiger partial charge in [0.05, 0.1) is 35.3 Å². The Morgan fingerprint density at radius 1 is 0.767 bits per heavy atom. The second kappa shape index (κ2) is 19.5. The standard InChI is InChI=1S/C75H100N2O13/c1-42-55(43(2)80)59(82)56-47(58(42)81)28-44(63(85)86)29-51(56)88-64-60(83)62(84)75(54(33-79)89-64)31-50-57-48(13-14-49(57)73(90-75)21-9-17-66(36-73)23-22-65(35-66)15-3-4-16-65)71(26-27-78)41-87-34-45-30-69-38-70(32-53(69)76-77-74(50,40-69)61(45)71)37-68(18-5-6-19-68)52-12-7-10-46-11-8-20-67(46)24-25-72(52,70)39-67/h13,28-29,45-46,50,52-54,60-62,64,76-79,81-84H,3-12,14-27,30-41H2,1-2H3,(H,85,86). The molecule has 90 heavy (non-hydrogen) atoms. The molecular weight excluding hydrogens is 1140 g/mol. The lowest BCUT2D eigenvalue weighted by molar-refractivity contribution is -0.349. The third kappa shape index (κ3) is 7.41. The first-order valence-corrected chi connectivity index (χ1v) is 36.2. The summed E-state index contributed by atoms with van der Waals surface area (Å²) in [6.45, 7) is 3.31. The first-order valence-electron chi connectivity index (χ1n) is 36.2. The van der Waals surface area contributed by atoms with Gasteiger partial charge in [-0.3, -0.25) is 15.6 Å². The number of ether oxygens (including phenoxy) is 4. The second-order valence-corrected chi connectivity index (χ2v) is 34.8. The van der Waals surface area contributed by atoms with E-state index in [4.69, 9.17) is 18.9 Å². The van der Waals surface area contributed by atoms with Gasteiger partial charge in [0.2, 0.25) is 6.29 Å². The van der Waals surface area contributed by atoms with Gasteiger partial charge in [0, 0.05) is 47.1 Å². The summed E-state index contributed by atoms with van der Waals surface area (Å²) in [7, 11) is 0. The molecule has 3 saturated heterocycles. The van der Waals surface area contributed by atoms with E-state index < -0.39 is 76.6 Å². The molecule has 4 aliphatic heterocycles. The maximum absolute atomic E-state index is 13.9. The van der Waals surface area contributed by atoms with Crippen LogP contribution in [0.3, 0.4) is 0 Å². The number of rotatable bonds is 7. The minimum atomic E-state index is -1.84. The number of carbonyl (C=O) groups is 2. The van der Waals surface area contributed by atoms with Crippen LogP contribution in [-0.2, 0) is 14.2 Å². The van der Waals surface area contributed by atoms with Crippen molar-refractivity contribution in [1.29, 1.82) is 0 Å². The summed E-state index contributed by atoms with van der Waals surface area (Å²) >= 11 is 0. The molecule has 14 fully saturated rings. The molecule has 0 radical (unpaired) electrons. The number of allylic oxidation sites excluding steroid dienone is 1. The molecule has 4 bridgehead atoms. The fraction of sp³-hybridized carbons (Fsp3) is 0.787. The zero-order valence-electron chi connectivity index (χ0n) is 53.5. The quantitative estimate of drug-likeness (QED) is 0.0926. The predicted molar refractivity (Wildman–Crippen MR) is 334 cm³/mol. The van der Waals surface area contributed by atoms with Crippen molar-refractivity contribution in [1.82, 2.24) is 10.9 Å². The Morgan fingerprint density at radius 2 is 1.53 bits per heavy atom. The number of fused-ring (bicyclic) bond motifs is 4. The maximum atomic E-state index is 13.9. The van der Waals surface area contributed by atoms with Crippen molar-refractivity contribution in [2.45, 2.75) is 267 Å². The van der Waals surface area contributed by atoms with E-state index in [1.807, 2.05) is 0 Å². The number of carboxylic acids is 1. The molecule has 16 aliphatic rings. The normalized spacial score (nSPS) is 47.8. The fourth-order valence-electron chi connectivity index (χ4n) is 29.1. The van der Waals surface area contributed by atoms with Crippen molar-refractivity contribution in [2.24, 2.45) is 72.9 Å². The molecule has 15 nitrogen and oxygen atoms in total. The van der Waals surface area contributed by atoms with E-state index in [1.54, 1.807) is 0 Å². The fourth-order valence-corrected chi connectivity index (χ4v) is 29.1. The number of hydrogen-bond donors (Lipinski definition) is 9. The third-order valence-electron chi connectivity index (χ3n) is 31.5. The summed E-state index contributed by atoms with van der Waals surface area (Å²) in [5.41, 5.74) is 10.1. The number of aliphatic hydroxyl groups is 4. The second-order valence-electron chi connectivity index (χ2n) is 34.8. The van der Waals surface area contributed by atoms with Crippen LogP contribution < -0.4 is 15.6 Å². The van der Waals surface area contributed by atoms with Gasteiger partial charge in [-0.15, -0.1) is 0 Å². The van der Waals surface area contributed by atoms with E-state index >= 15 is 0 Å². The molecule has 9 N–H and O–H groups in total. The lowest BCUT2D eigenvalue weighted by Gasteiger charge is -2.71. The van der Waals surface area contributed by atoms with Gasteiger partial charge in [-0.1, -0.05) is 44.6 Å². The number of carbonyl (C=O) groups excluding carboxylic acids is 1. The van der Waals surface area contributed by atoms with Gasteiger partial charge in [-0.2, -0.15) is 0 Å². The lowest BCUT2D eigenvalue weighted by Crippen LogP contribution is -2.81. The summed E-state index contributed by atoms with van der Waals surface area (Å²) in [6, 6.07) is 2.63. The van der Waals surface area contributed by atoms with E-state index in [-0.39, 0.29) is 86.3 Å². The van der Waals surface area contributed by atoms with Crippen molar-refractivity contribution < 1.29 is 64.3 Å². The van der Waals surface area contributed by atoms with E-state index in [2.05, 4.69) is 16.9 Å². The SMILES string of the molecule is CC(=O)c1c(C)c(O)c2cc(C(=O)O)cc(OC3OC(CO)C4(CC5C6=C(CC=C6C6(CCO)COCC7CC89CC5(NNC8CC5(C9)CC8(CCCC8)C8CCCC9CCCC9%10CCC85C%10)C76)C5(CCCC6(CCC7(CCCC7)C6)C5)O4)C(O)C3O)c2c1O. The average Bonchev–Trinajstić information content (AvgIpc) is 1.42.